The molecule has 14 heavy (non-hydrogen) atoms. The van der Waals surface area contributed by atoms with E-state index >= 15 is 0 Å². The molecule has 0 saturated carbocycles. The highest BCUT2D eigenvalue weighted by Crippen LogP contribution is 2.33. The van der Waals surface area contributed by atoms with Crippen LogP contribution in [0.2, 0.25) is 0 Å². The van der Waals surface area contributed by atoms with Crippen LogP contribution in [0.5, 0.6) is 5.75 Å². The Kier molecular flexibility index (Phi) is 2.73. The minimum atomic E-state index is 0.334. The molecule has 1 saturated heterocycles. The van der Waals surface area contributed by atoms with Gasteiger partial charge in [0.25, 0.3) is 0 Å². The molecule has 1 fully saturated rings. The zero-order valence-corrected chi connectivity index (χ0v) is 8.44. The highest BCUT2D eigenvalue weighted by Gasteiger charge is 2.27. The van der Waals surface area contributed by atoms with E-state index in [0.717, 1.165) is 19.4 Å². The molecule has 1 aliphatic heterocycles. The Labute approximate surface area is 84.5 Å². The number of hydrogen-bond donors (Lipinski definition) is 1. The SMILES string of the molecule is CC[C@H]1OCC[C@@H]1c1ccc(O)cc1. The molecule has 2 nitrogen and oxygen atoms in total. The first-order chi connectivity index (χ1) is 6.81. The van der Waals surface area contributed by atoms with Gasteiger partial charge in [-0.25, -0.2) is 0 Å². The van der Waals surface area contributed by atoms with E-state index in [1.165, 1.54) is 5.56 Å². The molecule has 0 aliphatic carbocycles. The highest BCUT2D eigenvalue weighted by molar-refractivity contribution is 5.29. The number of aromatic hydroxyl groups is 1. The zero-order valence-electron chi connectivity index (χ0n) is 8.44. The van der Waals surface area contributed by atoms with Crippen LogP contribution < -0.4 is 0 Å². The van der Waals surface area contributed by atoms with Crippen molar-refractivity contribution < 1.29 is 9.84 Å². The van der Waals surface area contributed by atoms with Crippen LogP contribution >= 0.6 is 0 Å². The molecule has 2 heteroatoms. The van der Waals surface area contributed by atoms with Gasteiger partial charge in [-0.2, -0.15) is 0 Å². The molecular formula is C12H16O2. The molecule has 1 aliphatic rings. The third-order valence-electron chi connectivity index (χ3n) is 2.93. The number of phenolic OH excluding ortho intramolecular Hbond substituents is 1. The van der Waals surface area contributed by atoms with E-state index in [0.29, 0.717) is 17.8 Å². The average Bonchev–Trinajstić information content (AvgIpc) is 2.67. The predicted octanol–water partition coefficient (Wildman–Crippen LogP) is 2.67. The average molecular weight is 192 g/mol. The molecule has 1 aromatic rings. The quantitative estimate of drug-likeness (QED) is 0.780. The summed E-state index contributed by atoms with van der Waals surface area (Å²) in [4.78, 5) is 0. The van der Waals surface area contributed by atoms with Crippen molar-refractivity contribution in [2.24, 2.45) is 0 Å². The molecule has 1 N–H and O–H groups in total. The molecule has 0 aromatic heterocycles. The van der Waals surface area contributed by atoms with Crippen molar-refractivity contribution in [2.45, 2.75) is 31.8 Å². The number of hydrogen-bond acceptors (Lipinski definition) is 2. The van der Waals surface area contributed by atoms with Crippen LogP contribution in [0.1, 0.15) is 31.2 Å². The van der Waals surface area contributed by atoms with Crippen molar-refractivity contribution in [1.29, 1.82) is 0 Å². The molecule has 0 unspecified atom stereocenters. The number of rotatable bonds is 2. The van der Waals surface area contributed by atoms with Gasteiger partial charge >= 0.3 is 0 Å². The van der Waals surface area contributed by atoms with Crippen molar-refractivity contribution in [3.63, 3.8) is 0 Å². The Morgan fingerprint density at radius 2 is 2.07 bits per heavy atom. The largest absolute Gasteiger partial charge is 0.508 e. The minimum Gasteiger partial charge on any atom is -0.508 e. The van der Waals surface area contributed by atoms with Crippen molar-refractivity contribution in [3.8, 4) is 5.75 Å². The summed E-state index contributed by atoms with van der Waals surface area (Å²) in [6.45, 7) is 3.02. The fourth-order valence-electron chi connectivity index (χ4n) is 2.15. The molecule has 0 spiro atoms. The summed E-state index contributed by atoms with van der Waals surface area (Å²) < 4.78 is 5.64. The topological polar surface area (TPSA) is 29.5 Å². The van der Waals surface area contributed by atoms with Gasteiger partial charge in [0, 0.05) is 12.5 Å². The zero-order chi connectivity index (χ0) is 9.97. The summed E-state index contributed by atoms with van der Waals surface area (Å²) in [5.74, 6) is 0.848. The van der Waals surface area contributed by atoms with Crippen molar-refractivity contribution in [3.05, 3.63) is 29.8 Å². The normalized spacial score (nSPS) is 26.6. The number of phenols is 1. The third-order valence-corrected chi connectivity index (χ3v) is 2.93. The summed E-state index contributed by atoms with van der Waals surface area (Å²) in [7, 11) is 0. The first-order valence-electron chi connectivity index (χ1n) is 5.21. The van der Waals surface area contributed by atoms with E-state index in [2.05, 4.69) is 6.92 Å². The maximum Gasteiger partial charge on any atom is 0.115 e. The van der Waals surface area contributed by atoms with Gasteiger partial charge in [0.1, 0.15) is 5.75 Å². The first kappa shape index (κ1) is 9.53. The van der Waals surface area contributed by atoms with E-state index in [1.807, 2.05) is 12.1 Å². The Morgan fingerprint density at radius 3 is 2.71 bits per heavy atom. The maximum absolute atomic E-state index is 9.19. The van der Waals surface area contributed by atoms with Gasteiger partial charge in [-0.1, -0.05) is 19.1 Å². The second-order valence-corrected chi connectivity index (χ2v) is 3.80. The Bertz CT molecular complexity index is 292. The lowest BCUT2D eigenvalue weighted by Crippen LogP contribution is -2.12. The second-order valence-electron chi connectivity index (χ2n) is 3.80. The number of ether oxygens (including phenoxy) is 1. The smallest absolute Gasteiger partial charge is 0.115 e. The molecule has 0 amide bonds. The van der Waals surface area contributed by atoms with Crippen LogP contribution in [-0.4, -0.2) is 17.8 Å². The van der Waals surface area contributed by atoms with Crippen LogP contribution in [0, 0.1) is 0 Å². The van der Waals surface area contributed by atoms with E-state index < -0.39 is 0 Å². The van der Waals surface area contributed by atoms with Gasteiger partial charge in [0.2, 0.25) is 0 Å². The van der Waals surface area contributed by atoms with E-state index in [-0.39, 0.29) is 0 Å². The van der Waals surface area contributed by atoms with Crippen LogP contribution in [0.15, 0.2) is 24.3 Å². The van der Waals surface area contributed by atoms with Crippen molar-refractivity contribution in [2.75, 3.05) is 6.61 Å². The summed E-state index contributed by atoms with van der Waals surface area (Å²) in [5.41, 5.74) is 1.28. The molecule has 0 bridgehead atoms. The highest BCUT2D eigenvalue weighted by atomic mass is 16.5. The van der Waals surface area contributed by atoms with E-state index in [1.54, 1.807) is 12.1 Å². The third kappa shape index (κ3) is 1.75. The van der Waals surface area contributed by atoms with Gasteiger partial charge in [-0.3, -0.25) is 0 Å². The Hall–Kier alpha value is -1.02. The molecular weight excluding hydrogens is 176 g/mol. The van der Waals surface area contributed by atoms with Crippen LogP contribution in [0.3, 0.4) is 0 Å². The molecule has 1 aromatic carbocycles. The standard InChI is InChI=1S/C12H16O2/c1-2-12-11(7-8-14-12)9-3-5-10(13)6-4-9/h3-6,11-13H,2,7-8H2,1H3/t11-,12-/m1/s1. The lowest BCUT2D eigenvalue weighted by molar-refractivity contribution is 0.101. The van der Waals surface area contributed by atoms with Crippen LogP contribution in [0.25, 0.3) is 0 Å². The molecule has 76 valence electrons. The van der Waals surface area contributed by atoms with Gasteiger partial charge in [-0.15, -0.1) is 0 Å². The monoisotopic (exact) mass is 192 g/mol. The van der Waals surface area contributed by atoms with Crippen LogP contribution in [-0.2, 0) is 4.74 Å². The fraction of sp³-hybridized carbons (Fsp3) is 0.500. The molecule has 0 radical (unpaired) electrons. The second kappa shape index (κ2) is 4.01. The number of benzene rings is 1. The summed E-state index contributed by atoms with van der Waals surface area (Å²) in [6, 6.07) is 7.50. The fourth-order valence-corrected chi connectivity index (χ4v) is 2.15. The van der Waals surface area contributed by atoms with Crippen molar-refractivity contribution >= 4 is 0 Å². The lowest BCUT2D eigenvalue weighted by Gasteiger charge is -2.16. The predicted molar refractivity (Wildman–Crippen MR) is 55.5 cm³/mol. The summed E-state index contributed by atoms with van der Waals surface area (Å²) >= 11 is 0. The lowest BCUT2D eigenvalue weighted by atomic mass is 9.91. The summed E-state index contributed by atoms with van der Waals surface area (Å²) in [6.07, 6.45) is 2.52. The van der Waals surface area contributed by atoms with E-state index in [9.17, 15) is 5.11 Å². The Morgan fingerprint density at radius 1 is 1.36 bits per heavy atom. The molecule has 2 rings (SSSR count). The maximum atomic E-state index is 9.19. The molecule has 1 heterocycles. The molecule has 2 atom stereocenters. The van der Waals surface area contributed by atoms with Gasteiger partial charge in [-0.05, 0) is 30.5 Å². The van der Waals surface area contributed by atoms with Crippen LogP contribution in [0.4, 0.5) is 0 Å². The first-order valence-corrected chi connectivity index (χ1v) is 5.21. The van der Waals surface area contributed by atoms with Crippen molar-refractivity contribution in [1.82, 2.24) is 0 Å². The summed E-state index contributed by atoms with van der Waals surface area (Å²) in [5, 5.41) is 9.19. The minimum absolute atomic E-state index is 0.334. The van der Waals surface area contributed by atoms with Gasteiger partial charge in [0.05, 0.1) is 6.10 Å². The van der Waals surface area contributed by atoms with Gasteiger partial charge in [0.15, 0.2) is 0 Å². The van der Waals surface area contributed by atoms with Gasteiger partial charge < -0.3 is 9.84 Å². The van der Waals surface area contributed by atoms with E-state index in [4.69, 9.17) is 4.74 Å². The Balaban J connectivity index is 2.17.